The summed E-state index contributed by atoms with van der Waals surface area (Å²) in [5.74, 6) is 0.728. The van der Waals surface area contributed by atoms with E-state index in [1.165, 1.54) is 12.8 Å². The standard InChI is InChI=1S/C16H23NO3/c1-2-20-15-10-6-5-9-13(15)16(19)17-11-14(18)12-7-3-4-8-12/h5-6,9-10,12,14,18H,2-4,7-8,11H2,1H3,(H,17,19). The number of aliphatic hydroxyl groups is 1. The van der Waals surface area contributed by atoms with Gasteiger partial charge in [-0.3, -0.25) is 4.79 Å². The second kappa shape index (κ2) is 7.29. The Labute approximate surface area is 120 Å². The van der Waals surface area contributed by atoms with Crippen LogP contribution in [-0.2, 0) is 0 Å². The molecule has 2 rings (SSSR count). The van der Waals surface area contributed by atoms with Crippen molar-refractivity contribution in [2.45, 2.75) is 38.7 Å². The summed E-state index contributed by atoms with van der Waals surface area (Å²) >= 11 is 0. The van der Waals surface area contributed by atoms with Crippen LogP contribution in [0.15, 0.2) is 24.3 Å². The van der Waals surface area contributed by atoms with Crippen LogP contribution in [-0.4, -0.2) is 30.3 Å². The topological polar surface area (TPSA) is 58.6 Å². The van der Waals surface area contributed by atoms with Crippen molar-refractivity contribution < 1.29 is 14.6 Å². The average Bonchev–Trinajstić information content (AvgIpc) is 2.99. The van der Waals surface area contributed by atoms with Crippen molar-refractivity contribution >= 4 is 5.91 Å². The smallest absolute Gasteiger partial charge is 0.255 e. The first-order chi connectivity index (χ1) is 9.72. The molecule has 110 valence electrons. The van der Waals surface area contributed by atoms with Crippen LogP contribution in [0.2, 0.25) is 0 Å². The summed E-state index contributed by atoms with van der Waals surface area (Å²) < 4.78 is 5.44. The second-order valence-corrected chi connectivity index (χ2v) is 5.25. The Kier molecular flexibility index (Phi) is 5.41. The maximum absolute atomic E-state index is 12.2. The monoisotopic (exact) mass is 277 g/mol. The summed E-state index contributed by atoms with van der Waals surface area (Å²) in [6.07, 6.45) is 4.05. The van der Waals surface area contributed by atoms with Gasteiger partial charge in [0.1, 0.15) is 5.75 Å². The van der Waals surface area contributed by atoms with Crippen LogP contribution in [0.1, 0.15) is 43.0 Å². The minimum atomic E-state index is -0.444. The molecule has 1 aromatic rings. The molecule has 1 aliphatic carbocycles. The SMILES string of the molecule is CCOc1ccccc1C(=O)NCC(O)C1CCCC1. The molecule has 1 aliphatic rings. The molecule has 1 unspecified atom stereocenters. The third-order valence-electron chi connectivity index (χ3n) is 3.85. The van der Waals surface area contributed by atoms with Crippen LogP contribution in [0.3, 0.4) is 0 Å². The summed E-state index contributed by atoms with van der Waals surface area (Å²) in [5.41, 5.74) is 0.521. The van der Waals surface area contributed by atoms with Gasteiger partial charge in [0.25, 0.3) is 5.91 Å². The molecule has 0 aliphatic heterocycles. The Morgan fingerprint density at radius 2 is 2.10 bits per heavy atom. The van der Waals surface area contributed by atoms with Crippen LogP contribution >= 0.6 is 0 Å². The lowest BCUT2D eigenvalue weighted by atomic mass is 10.0. The van der Waals surface area contributed by atoms with Crippen molar-refractivity contribution in [3.63, 3.8) is 0 Å². The minimum Gasteiger partial charge on any atom is -0.493 e. The Bertz CT molecular complexity index is 441. The summed E-state index contributed by atoms with van der Waals surface area (Å²) in [7, 11) is 0. The number of aliphatic hydroxyl groups excluding tert-OH is 1. The van der Waals surface area contributed by atoms with Gasteiger partial charge in [0.15, 0.2) is 0 Å². The highest BCUT2D eigenvalue weighted by Gasteiger charge is 2.23. The first-order valence-corrected chi connectivity index (χ1v) is 7.40. The molecule has 1 saturated carbocycles. The third-order valence-corrected chi connectivity index (χ3v) is 3.85. The fourth-order valence-electron chi connectivity index (χ4n) is 2.74. The van der Waals surface area contributed by atoms with Gasteiger partial charge in [-0.25, -0.2) is 0 Å². The molecule has 0 saturated heterocycles. The van der Waals surface area contributed by atoms with Crippen molar-refractivity contribution in [2.24, 2.45) is 5.92 Å². The maximum Gasteiger partial charge on any atom is 0.255 e. The number of carbonyl (C=O) groups excluding carboxylic acids is 1. The first-order valence-electron chi connectivity index (χ1n) is 7.40. The highest BCUT2D eigenvalue weighted by atomic mass is 16.5. The number of hydrogen-bond donors (Lipinski definition) is 2. The average molecular weight is 277 g/mol. The van der Waals surface area contributed by atoms with Crippen LogP contribution in [0.25, 0.3) is 0 Å². The van der Waals surface area contributed by atoms with Gasteiger partial charge in [0.2, 0.25) is 0 Å². The van der Waals surface area contributed by atoms with Gasteiger partial charge in [0, 0.05) is 6.54 Å². The third kappa shape index (κ3) is 3.73. The van der Waals surface area contributed by atoms with Crippen LogP contribution in [0.4, 0.5) is 0 Å². The zero-order valence-electron chi connectivity index (χ0n) is 12.0. The van der Waals surface area contributed by atoms with Crippen LogP contribution in [0, 0.1) is 5.92 Å². The largest absolute Gasteiger partial charge is 0.493 e. The van der Waals surface area contributed by atoms with Crippen molar-refractivity contribution in [3.8, 4) is 5.75 Å². The van der Waals surface area contributed by atoms with E-state index >= 15 is 0 Å². The van der Waals surface area contributed by atoms with Gasteiger partial charge in [-0.15, -0.1) is 0 Å². The zero-order valence-corrected chi connectivity index (χ0v) is 12.0. The molecule has 4 nitrogen and oxygen atoms in total. The maximum atomic E-state index is 12.2. The molecule has 4 heteroatoms. The van der Waals surface area contributed by atoms with E-state index in [-0.39, 0.29) is 5.91 Å². The lowest BCUT2D eigenvalue weighted by molar-refractivity contribution is 0.0837. The van der Waals surface area contributed by atoms with Crippen molar-refractivity contribution in [1.29, 1.82) is 0 Å². The van der Waals surface area contributed by atoms with Gasteiger partial charge in [-0.1, -0.05) is 25.0 Å². The minimum absolute atomic E-state index is 0.189. The number of amides is 1. The summed E-state index contributed by atoms with van der Waals surface area (Å²) in [5, 5.41) is 12.9. The molecule has 1 fully saturated rings. The van der Waals surface area contributed by atoms with Gasteiger partial charge in [-0.2, -0.15) is 0 Å². The summed E-state index contributed by atoms with van der Waals surface area (Å²) in [6.45, 7) is 2.72. The second-order valence-electron chi connectivity index (χ2n) is 5.25. The molecule has 1 aromatic carbocycles. The van der Waals surface area contributed by atoms with Gasteiger partial charge in [0.05, 0.1) is 18.3 Å². The van der Waals surface area contributed by atoms with Gasteiger partial charge in [-0.05, 0) is 37.8 Å². The fraction of sp³-hybridized carbons (Fsp3) is 0.562. The quantitative estimate of drug-likeness (QED) is 0.839. The molecule has 2 N–H and O–H groups in total. The number of benzene rings is 1. The molecule has 0 bridgehead atoms. The van der Waals surface area contributed by atoms with Crippen LogP contribution < -0.4 is 10.1 Å². The molecule has 0 spiro atoms. The molecular formula is C16H23NO3. The Morgan fingerprint density at radius 3 is 2.80 bits per heavy atom. The van der Waals surface area contributed by atoms with E-state index in [9.17, 15) is 9.90 Å². The van der Waals surface area contributed by atoms with E-state index in [1.807, 2.05) is 19.1 Å². The van der Waals surface area contributed by atoms with Crippen molar-refractivity contribution in [3.05, 3.63) is 29.8 Å². The number of hydrogen-bond acceptors (Lipinski definition) is 3. The van der Waals surface area contributed by atoms with E-state index in [4.69, 9.17) is 4.74 Å². The van der Waals surface area contributed by atoms with E-state index < -0.39 is 6.10 Å². The van der Waals surface area contributed by atoms with Crippen LogP contribution in [0.5, 0.6) is 5.75 Å². The van der Waals surface area contributed by atoms with E-state index in [0.717, 1.165) is 12.8 Å². The molecule has 0 radical (unpaired) electrons. The number of para-hydroxylation sites is 1. The Balaban J connectivity index is 1.91. The number of nitrogens with one attached hydrogen (secondary N) is 1. The predicted octanol–water partition coefficient (Wildman–Crippen LogP) is 2.37. The van der Waals surface area contributed by atoms with Gasteiger partial charge >= 0.3 is 0 Å². The molecule has 0 heterocycles. The number of carbonyl (C=O) groups is 1. The first kappa shape index (κ1) is 14.9. The summed E-state index contributed by atoms with van der Waals surface area (Å²) in [6, 6.07) is 7.17. The number of ether oxygens (including phenoxy) is 1. The predicted molar refractivity (Wildman–Crippen MR) is 77.9 cm³/mol. The molecule has 20 heavy (non-hydrogen) atoms. The molecule has 0 aromatic heterocycles. The molecule has 1 atom stereocenters. The fourth-order valence-corrected chi connectivity index (χ4v) is 2.74. The summed E-state index contributed by atoms with van der Waals surface area (Å²) in [4.78, 5) is 12.2. The lowest BCUT2D eigenvalue weighted by Gasteiger charge is -2.18. The van der Waals surface area contributed by atoms with E-state index in [0.29, 0.717) is 30.4 Å². The van der Waals surface area contributed by atoms with E-state index in [2.05, 4.69) is 5.32 Å². The molecule has 1 amide bonds. The van der Waals surface area contributed by atoms with Gasteiger partial charge < -0.3 is 15.2 Å². The highest BCUT2D eigenvalue weighted by Crippen LogP contribution is 2.27. The normalized spacial score (nSPS) is 16.9. The van der Waals surface area contributed by atoms with E-state index in [1.54, 1.807) is 12.1 Å². The molecular weight excluding hydrogens is 254 g/mol. The Hall–Kier alpha value is -1.55. The Morgan fingerprint density at radius 1 is 1.40 bits per heavy atom. The zero-order chi connectivity index (χ0) is 14.4. The lowest BCUT2D eigenvalue weighted by Crippen LogP contribution is -2.35. The van der Waals surface area contributed by atoms with Crippen molar-refractivity contribution in [2.75, 3.05) is 13.2 Å². The highest BCUT2D eigenvalue weighted by molar-refractivity contribution is 5.96. The van der Waals surface area contributed by atoms with Crippen molar-refractivity contribution in [1.82, 2.24) is 5.32 Å². The number of rotatable bonds is 6.